The van der Waals surface area contributed by atoms with Gasteiger partial charge in [0.1, 0.15) is 5.75 Å². The molecule has 1 aromatic carbocycles. The maximum Gasteiger partial charge on any atom is 0.122 e. The number of halogens is 1. The first-order valence-corrected chi connectivity index (χ1v) is 4.04. The summed E-state index contributed by atoms with van der Waals surface area (Å²) in [5, 5.41) is 0.605. The molecule has 0 radical (unpaired) electrons. The first kappa shape index (κ1) is 9.16. The highest BCUT2D eigenvalue weighted by atomic mass is 35.5. The Hall–Kier alpha value is -0.930. The SMILES string of the molecule is CCOc1cc(Cl)cc(NN)c1. The van der Waals surface area contributed by atoms with Gasteiger partial charge in [-0.05, 0) is 19.1 Å². The monoisotopic (exact) mass is 186 g/mol. The molecular formula is C8H11ClN2O. The fourth-order valence-electron chi connectivity index (χ4n) is 0.896. The lowest BCUT2D eigenvalue weighted by Crippen LogP contribution is -2.06. The first-order chi connectivity index (χ1) is 5.76. The minimum atomic E-state index is 0.605. The molecule has 1 aromatic rings. The summed E-state index contributed by atoms with van der Waals surface area (Å²) in [7, 11) is 0. The number of anilines is 1. The number of nitrogens with one attached hydrogen (secondary N) is 1. The predicted octanol–water partition coefficient (Wildman–Crippen LogP) is 2.02. The van der Waals surface area contributed by atoms with E-state index in [9.17, 15) is 0 Å². The fraction of sp³-hybridized carbons (Fsp3) is 0.250. The smallest absolute Gasteiger partial charge is 0.122 e. The van der Waals surface area contributed by atoms with E-state index in [1.165, 1.54) is 0 Å². The molecule has 0 bridgehead atoms. The minimum Gasteiger partial charge on any atom is -0.494 e. The molecule has 0 aliphatic carbocycles. The molecule has 0 saturated carbocycles. The summed E-state index contributed by atoms with van der Waals surface area (Å²) >= 11 is 5.79. The first-order valence-electron chi connectivity index (χ1n) is 3.66. The highest BCUT2D eigenvalue weighted by Crippen LogP contribution is 2.23. The molecule has 0 saturated heterocycles. The number of rotatable bonds is 3. The van der Waals surface area contributed by atoms with Gasteiger partial charge in [-0.1, -0.05) is 11.6 Å². The van der Waals surface area contributed by atoms with E-state index in [1.807, 2.05) is 6.92 Å². The zero-order valence-corrected chi connectivity index (χ0v) is 7.56. The van der Waals surface area contributed by atoms with Crippen LogP contribution in [0.4, 0.5) is 5.69 Å². The summed E-state index contributed by atoms with van der Waals surface area (Å²) in [6.45, 7) is 2.53. The maximum atomic E-state index is 5.79. The molecule has 0 atom stereocenters. The van der Waals surface area contributed by atoms with Crippen molar-refractivity contribution in [2.24, 2.45) is 5.84 Å². The van der Waals surface area contributed by atoms with Crippen LogP contribution in [0, 0.1) is 0 Å². The van der Waals surface area contributed by atoms with Crippen LogP contribution in [0.3, 0.4) is 0 Å². The topological polar surface area (TPSA) is 47.3 Å². The van der Waals surface area contributed by atoms with Crippen molar-refractivity contribution < 1.29 is 4.74 Å². The molecule has 0 unspecified atom stereocenters. The summed E-state index contributed by atoms with van der Waals surface area (Å²) in [6.07, 6.45) is 0. The number of benzene rings is 1. The molecule has 1 rings (SSSR count). The maximum absolute atomic E-state index is 5.79. The Morgan fingerprint density at radius 2 is 2.25 bits per heavy atom. The number of ether oxygens (including phenoxy) is 1. The lowest BCUT2D eigenvalue weighted by molar-refractivity contribution is 0.340. The van der Waals surface area contributed by atoms with Crippen LogP contribution in [-0.4, -0.2) is 6.61 Å². The van der Waals surface area contributed by atoms with Crippen molar-refractivity contribution in [2.45, 2.75) is 6.92 Å². The molecule has 3 nitrogen and oxygen atoms in total. The highest BCUT2D eigenvalue weighted by molar-refractivity contribution is 6.31. The van der Waals surface area contributed by atoms with Gasteiger partial charge >= 0.3 is 0 Å². The standard InChI is InChI=1S/C8H11ClN2O/c1-2-12-8-4-6(9)3-7(5-8)11-10/h3-5,11H,2,10H2,1H3. The van der Waals surface area contributed by atoms with Gasteiger partial charge in [0.15, 0.2) is 0 Å². The van der Waals surface area contributed by atoms with Crippen molar-refractivity contribution in [1.82, 2.24) is 0 Å². The Kier molecular flexibility index (Phi) is 3.19. The Labute approximate surface area is 76.4 Å². The van der Waals surface area contributed by atoms with Crippen LogP contribution in [0.1, 0.15) is 6.92 Å². The number of nitrogens with two attached hydrogens (primary N) is 1. The van der Waals surface area contributed by atoms with E-state index < -0.39 is 0 Å². The van der Waals surface area contributed by atoms with Crippen molar-refractivity contribution in [3.05, 3.63) is 23.2 Å². The number of hydrogen-bond donors (Lipinski definition) is 2. The highest BCUT2D eigenvalue weighted by Gasteiger charge is 1.97. The molecule has 66 valence electrons. The zero-order valence-electron chi connectivity index (χ0n) is 6.80. The molecule has 12 heavy (non-hydrogen) atoms. The Bertz CT molecular complexity index is 265. The summed E-state index contributed by atoms with van der Waals surface area (Å²) in [5.74, 6) is 5.94. The Balaban J connectivity index is 2.90. The van der Waals surface area contributed by atoms with E-state index in [2.05, 4.69) is 5.43 Å². The van der Waals surface area contributed by atoms with Crippen LogP contribution in [0.2, 0.25) is 5.02 Å². The van der Waals surface area contributed by atoms with Crippen molar-refractivity contribution >= 4 is 17.3 Å². The van der Waals surface area contributed by atoms with Gasteiger partial charge in [0.25, 0.3) is 0 Å². The third-order valence-corrected chi connectivity index (χ3v) is 1.57. The van der Waals surface area contributed by atoms with Gasteiger partial charge in [-0.2, -0.15) is 0 Å². The molecule has 0 amide bonds. The molecule has 0 spiro atoms. The van der Waals surface area contributed by atoms with Crippen LogP contribution >= 0.6 is 11.6 Å². The summed E-state index contributed by atoms with van der Waals surface area (Å²) < 4.78 is 5.25. The Morgan fingerprint density at radius 3 is 2.83 bits per heavy atom. The average molecular weight is 187 g/mol. The van der Waals surface area contributed by atoms with Gasteiger partial charge in [-0.15, -0.1) is 0 Å². The lowest BCUT2D eigenvalue weighted by Gasteiger charge is -2.06. The van der Waals surface area contributed by atoms with E-state index >= 15 is 0 Å². The molecule has 0 aliphatic heterocycles. The van der Waals surface area contributed by atoms with Crippen LogP contribution < -0.4 is 16.0 Å². The summed E-state index contributed by atoms with van der Waals surface area (Å²) in [6, 6.07) is 5.26. The number of hydrogen-bond acceptors (Lipinski definition) is 3. The van der Waals surface area contributed by atoms with Crippen molar-refractivity contribution in [3.8, 4) is 5.75 Å². The normalized spacial score (nSPS) is 9.58. The second-order valence-corrected chi connectivity index (χ2v) is 2.69. The zero-order chi connectivity index (χ0) is 8.97. The number of hydrazine groups is 1. The molecule has 4 heteroatoms. The summed E-state index contributed by atoms with van der Waals surface area (Å²) in [5.41, 5.74) is 3.24. The second kappa shape index (κ2) is 4.18. The third kappa shape index (κ3) is 2.29. The van der Waals surface area contributed by atoms with Crippen molar-refractivity contribution in [2.75, 3.05) is 12.0 Å². The van der Waals surface area contributed by atoms with Crippen molar-refractivity contribution in [3.63, 3.8) is 0 Å². The van der Waals surface area contributed by atoms with Crippen molar-refractivity contribution in [1.29, 1.82) is 0 Å². The van der Waals surface area contributed by atoms with Gasteiger partial charge in [-0.3, -0.25) is 5.84 Å². The quantitative estimate of drug-likeness (QED) is 0.561. The molecular weight excluding hydrogens is 176 g/mol. The van der Waals surface area contributed by atoms with Crippen LogP contribution in [0.25, 0.3) is 0 Å². The van der Waals surface area contributed by atoms with Gasteiger partial charge in [0.05, 0.1) is 12.3 Å². The fourth-order valence-corrected chi connectivity index (χ4v) is 1.12. The minimum absolute atomic E-state index is 0.605. The van der Waals surface area contributed by atoms with E-state index in [-0.39, 0.29) is 0 Å². The molecule has 0 aromatic heterocycles. The van der Waals surface area contributed by atoms with Gasteiger partial charge in [0.2, 0.25) is 0 Å². The van der Waals surface area contributed by atoms with E-state index in [0.717, 1.165) is 11.4 Å². The summed E-state index contributed by atoms with van der Waals surface area (Å²) in [4.78, 5) is 0. The lowest BCUT2D eigenvalue weighted by atomic mass is 10.3. The van der Waals surface area contributed by atoms with Gasteiger partial charge < -0.3 is 10.2 Å². The predicted molar refractivity (Wildman–Crippen MR) is 50.4 cm³/mol. The molecule has 0 heterocycles. The van der Waals surface area contributed by atoms with E-state index in [4.69, 9.17) is 22.2 Å². The second-order valence-electron chi connectivity index (χ2n) is 2.25. The van der Waals surface area contributed by atoms with Gasteiger partial charge in [0, 0.05) is 11.1 Å². The van der Waals surface area contributed by atoms with E-state index in [0.29, 0.717) is 11.6 Å². The van der Waals surface area contributed by atoms with E-state index in [1.54, 1.807) is 18.2 Å². The Morgan fingerprint density at radius 1 is 1.50 bits per heavy atom. The molecule has 0 aliphatic rings. The average Bonchev–Trinajstić information content (AvgIpc) is 2.04. The number of nitrogen functional groups attached to an aromatic ring is 1. The largest absolute Gasteiger partial charge is 0.494 e. The van der Waals surface area contributed by atoms with Crippen LogP contribution in [-0.2, 0) is 0 Å². The molecule has 0 fully saturated rings. The third-order valence-electron chi connectivity index (χ3n) is 1.35. The van der Waals surface area contributed by atoms with Crippen LogP contribution in [0.5, 0.6) is 5.75 Å². The van der Waals surface area contributed by atoms with Gasteiger partial charge in [-0.25, -0.2) is 0 Å². The van der Waals surface area contributed by atoms with Crippen LogP contribution in [0.15, 0.2) is 18.2 Å². The molecule has 3 N–H and O–H groups in total.